The van der Waals surface area contributed by atoms with Crippen LogP contribution in [-0.4, -0.2) is 31.6 Å². The Labute approximate surface area is 114 Å². The molecule has 0 amide bonds. The van der Waals surface area contributed by atoms with Crippen molar-refractivity contribution in [2.45, 2.75) is 20.4 Å². The molecule has 1 rings (SSSR count). The maximum atomic E-state index is 11.6. The van der Waals surface area contributed by atoms with Gasteiger partial charge < -0.3 is 9.64 Å². The van der Waals surface area contributed by atoms with Crippen LogP contribution >= 0.6 is 11.6 Å². The van der Waals surface area contributed by atoms with Crippen LogP contribution in [0, 0.1) is 5.41 Å². The number of carbonyl (C=O) groups is 1. The van der Waals surface area contributed by atoms with E-state index < -0.39 is 5.41 Å². The first-order valence-corrected chi connectivity index (χ1v) is 6.24. The van der Waals surface area contributed by atoms with Crippen molar-refractivity contribution in [3.63, 3.8) is 0 Å². The van der Waals surface area contributed by atoms with Gasteiger partial charge in [-0.05, 0) is 38.6 Å². The van der Waals surface area contributed by atoms with Crippen molar-refractivity contribution in [2.24, 2.45) is 5.41 Å². The molecule has 0 unspecified atom stereocenters. The highest BCUT2D eigenvalue weighted by atomic mass is 35.5. The monoisotopic (exact) mass is 269 g/mol. The molecule has 0 radical (unpaired) electrons. The molecule has 0 saturated carbocycles. The minimum atomic E-state index is -0.512. The van der Waals surface area contributed by atoms with Gasteiger partial charge >= 0.3 is 5.97 Å². The molecule has 100 valence electrons. The summed E-state index contributed by atoms with van der Waals surface area (Å²) in [5, 5.41) is 0.730. The first kappa shape index (κ1) is 15.0. The topological polar surface area (TPSA) is 29.5 Å². The minimum absolute atomic E-state index is 0.194. The lowest BCUT2D eigenvalue weighted by atomic mass is 9.93. The van der Waals surface area contributed by atoms with Gasteiger partial charge in [0, 0.05) is 18.1 Å². The van der Waals surface area contributed by atoms with Gasteiger partial charge in [-0.2, -0.15) is 0 Å². The zero-order valence-corrected chi connectivity index (χ0v) is 12.1. The summed E-state index contributed by atoms with van der Waals surface area (Å²) < 4.78 is 4.80. The lowest BCUT2D eigenvalue weighted by Gasteiger charge is -2.27. The fourth-order valence-electron chi connectivity index (χ4n) is 2.02. The molecule has 3 nitrogen and oxygen atoms in total. The van der Waals surface area contributed by atoms with Crippen molar-refractivity contribution in [3.8, 4) is 0 Å². The maximum absolute atomic E-state index is 11.6. The third-order valence-corrected chi connectivity index (χ3v) is 2.98. The average molecular weight is 270 g/mol. The lowest BCUT2D eigenvalue weighted by molar-refractivity contribution is -0.151. The number of benzene rings is 1. The third-order valence-electron chi connectivity index (χ3n) is 2.74. The van der Waals surface area contributed by atoms with Gasteiger partial charge in [0.1, 0.15) is 0 Å². The number of carbonyl (C=O) groups excluding carboxylic acids is 1. The maximum Gasteiger partial charge on any atom is 0.312 e. The van der Waals surface area contributed by atoms with Gasteiger partial charge in [0.05, 0.1) is 12.5 Å². The van der Waals surface area contributed by atoms with Crippen LogP contribution in [0.4, 0.5) is 0 Å². The molecule has 0 heterocycles. The van der Waals surface area contributed by atoms with E-state index in [1.807, 2.05) is 45.2 Å². The van der Waals surface area contributed by atoms with Crippen molar-refractivity contribution in [1.29, 1.82) is 0 Å². The smallest absolute Gasteiger partial charge is 0.312 e. The molecule has 1 aromatic carbocycles. The van der Waals surface area contributed by atoms with Crippen LogP contribution in [0.2, 0.25) is 5.02 Å². The van der Waals surface area contributed by atoms with E-state index in [-0.39, 0.29) is 5.97 Å². The molecular formula is C14H20ClNO2. The second-order valence-electron chi connectivity index (χ2n) is 5.18. The summed E-state index contributed by atoms with van der Waals surface area (Å²) in [6, 6.07) is 7.73. The van der Waals surface area contributed by atoms with E-state index in [0.717, 1.165) is 17.1 Å². The summed E-state index contributed by atoms with van der Waals surface area (Å²) >= 11 is 5.94. The molecule has 0 aliphatic carbocycles. The minimum Gasteiger partial charge on any atom is -0.469 e. The molecule has 0 saturated heterocycles. The molecule has 0 atom stereocenters. The fraction of sp³-hybridized carbons (Fsp3) is 0.500. The molecular weight excluding hydrogens is 250 g/mol. The van der Waals surface area contributed by atoms with Gasteiger partial charge in [-0.3, -0.25) is 4.79 Å². The van der Waals surface area contributed by atoms with E-state index in [9.17, 15) is 4.79 Å². The predicted molar refractivity (Wildman–Crippen MR) is 73.6 cm³/mol. The van der Waals surface area contributed by atoms with Gasteiger partial charge in [0.25, 0.3) is 0 Å². The molecule has 0 aliphatic rings. The number of ether oxygens (including phenoxy) is 1. The Hall–Kier alpha value is -1.06. The number of nitrogens with zero attached hydrogens (tertiary/aromatic N) is 1. The fourth-order valence-corrected chi connectivity index (χ4v) is 2.23. The summed E-state index contributed by atoms with van der Waals surface area (Å²) in [6.45, 7) is 5.15. The Kier molecular flexibility index (Phi) is 5.17. The Bertz CT molecular complexity index is 418. The second-order valence-corrected chi connectivity index (χ2v) is 5.61. The largest absolute Gasteiger partial charge is 0.469 e. The Morgan fingerprint density at radius 3 is 2.67 bits per heavy atom. The van der Waals surface area contributed by atoms with Crippen molar-refractivity contribution < 1.29 is 9.53 Å². The molecule has 0 aromatic heterocycles. The predicted octanol–water partition coefficient (Wildman–Crippen LogP) is 2.97. The van der Waals surface area contributed by atoms with Crippen molar-refractivity contribution in [2.75, 3.05) is 20.7 Å². The number of halogens is 1. The molecule has 0 fully saturated rings. The summed E-state index contributed by atoms with van der Waals surface area (Å²) in [5.41, 5.74) is 0.618. The van der Waals surface area contributed by atoms with Crippen molar-refractivity contribution in [3.05, 3.63) is 34.9 Å². The zero-order chi connectivity index (χ0) is 13.8. The molecule has 0 spiro atoms. The van der Waals surface area contributed by atoms with E-state index in [2.05, 4.69) is 4.90 Å². The highest BCUT2D eigenvalue weighted by Crippen LogP contribution is 2.20. The Morgan fingerprint density at radius 2 is 2.11 bits per heavy atom. The van der Waals surface area contributed by atoms with Crippen LogP contribution < -0.4 is 0 Å². The number of esters is 1. The Morgan fingerprint density at radius 1 is 1.44 bits per heavy atom. The summed E-state index contributed by atoms with van der Waals surface area (Å²) in [6.07, 6.45) is 0. The van der Waals surface area contributed by atoms with E-state index in [4.69, 9.17) is 16.3 Å². The highest BCUT2D eigenvalue weighted by molar-refractivity contribution is 6.30. The van der Waals surface area contributed by atoms with E-state index in [0.29, 0.717) is 6.54 Å². The van der Waals surface area contributed by atoms with Gasteiger partial charge in [0.15, 0.2) is 0 Å². The summed E-state index contributed by atoms with van der Waals surface area (Å²) in [7, 11) is 3.40. The van der Waals surface area contributed by atoms with Crippen molar-refractivity contribution in [1.82, 2.24) is 4.90 Å². The van der Waals surface area contributed by atoms with Crippen LogP contribution in [0.1, 0.15) is 19.4 Å². The molecule has 1 aromatic rings. The van der Waals surface area contributed by atoms with Crippen LogP contribution in [-0.2, 0) is 16.1 Å². The Balaban J connectivity index is 2.61. The van der Waals surface area contributed by atoms with E-state index in [1.54, 1.807) is 0 Å². The molecule has 0 bridgehead atoms. The molecule has 0 aliphatic heterocycles. The van der Waals surface area contributed by atoms with Gasteiger partial charge in [-0.15, -0.1) is 0 Å². The summed E-state index contributed by atoms with van der Waals surface area (Å²) in [4.78, 5) is 13.7. The third kappa shape index (κ3) is 4.31. The SMILES string of the molecule is COC(=O)C(C)(C)CN(C)Cc1cccc(Cl)c1. The van der Waals surface area contributed by atoms with Crippen LogP contribution in [0.5, 0.6) is 0 Å². The van der Waals surface area contributed by atoms with Crippen LogP contribution in [0.25, 0.3) is 0 Å². The van der Waals surface area contributed by atoms with Gasteiger partial charge in [-0.1, -0.05) is 23.7 Å². The normalized spacial score (nSPS) is 11.7. The number of hydrogen-bond acceptors (Lipinski definition) is 3. The molecule has 18 heavy (non-hydrogen) atoms. The number of methoxy groups -OCH3 is 1. The number of hydrogen-bond donors (Lipinski definition) is 0. The average Bonchev–Trinajstić information content (AvgIpc) is 2.26. The van der Waals surface area contributed by atoms with Crippen molar-refractivity contribution >= 4 is 17.6 Å². The quantitative estimate of drug-likeness (QED) is 0.770. The first-order chi connectivity index (χ1) is 8.35. The van der Waals surface area contributed by atoms with E-state index in [1.165, 1.54) is 7.11 Å². The van der Waals surface area contributed by atoms with Gasteiger partial charge in [0.2, 0.25) is 0 Å². The lowest BCUT2D eigenvalue weighted by Crippen LogP contribution is -2.37. The standard InChI is InChI=1S/C14H20ClNO2/c1-14(2,13(17)18-4)10-16(3)9-11-6-5-7-12(15)8-11/h5-8H,9-10H2,1-4H3. The zero-order valence-electron chi connectivity index (χ0n) is 11.4. The highest BCUT2D eigenvalue weighted by Gasteiger charge is 2.29. The number of rotatable bonds is 5. The van der Waals surface area contributed by atoms with E-state index >= 15 is 0 Å². The van der Waals surface area contributed by atoms with Crippen LogP contribution in [0.3, 0.4) is 0 Å². The summed E-state index contributed by atoms with van der Waals surface area (Å²) in [5.74, 6) is -0.194. The molecule has 4 heteroatoms. The second kappa shape index (κ2) is 6.21. The molecule has 0 N–H and O–H groups in total. The first-order valence-electron chi connectivity index (χ1n) is 5.86. The van der Waals surface area contributed by atoms with Gasteiger partial charge in [-0.25, -0.2) is 0 Å². The van der Waals surface area contributed by atoms with Crippen LogP contribution in [0.15, 0.2) is 24.3 Å².